The monoisotopic (exact) mass is 396 g/mol. The molecule has 0 atom stereocenters. The normalized spacial score (nSPS) is 10.9. The largest absolute Gasteiger partial charge is 0.496 e. The number of aromatic nitrogens is 6. The zero-order chi connectivity index (χ0) is 20.6. The number of hydrogen-bond acceptors (Lipinski definition) is 8. The number of nitrogens with one attached hydrogen (secondary N) is 2. The number of aromatic amines is 1. The minimum absolute atomic E-state index is 0.294. The molecule has 9 nitrogen and oxygen atoms in total. The maximum atomic E-state index is 5.95. The van der Waals surface area contributed by atoms with Gasteiger partial charge in [-0.15, -0.1) is 10.2 Å². The molecule has 1 aromatic carbocycles. The highest BCUT2D eigenvalue weighted by atomic mass is 16.5. The van der Waals surface area contributed by atoms with Crippen LogP contribution in [0.5, 0.6) is 5.75 Å². The molecule has 154 valence electrons. The molecule has 0 spiro atoms. The third-order valence-electron chi connectivity index (χ3n) is 4.73. The third kappa shape index (κ3) is 5.18. The molecule has 0 bridgehead atoms. The molecule has 0 unspecified atom stereocenters. The number of benzene rings is 1. The molecule has 3 aromatic rings. The van der Waals surface area contributed by atoms with Crippen molar-refractivity contribution in [3.8, 4) is 5.75 Å². The van der Waals surface area contributed by atoms with Crippen molar-refractivity contribution in [2.45, 2.75) is 46.0 Å². The lowest BCUT2D eigenvalue weighted by molar-refractivity contribution is 0.410. The topological polar surface area (TPSA) is 128 Å². The number of anilines is 2. The van der Waals surface area contributed by atoms with E-state index in [1.165, 1.54) is 0 Å². The molecule has 0 fully saturated rings. The Morgan fingerprint density at radius 3 is 2.72 bits per heavy atom. The number of nitrogen functional groups attached to an aromatic ring is 1. The predicted octanol–water partition coefficient (Wildman–Crippen LogP) is 2.54. The first-order valence-corrected chi connectivity index (χ1v) is 9.91. The van der Waals surface area contributed by atoms with Crippen molar-refractivity contribution in [2.24, 2.45) is 0 Å². The van der Waals surface area contributed by atoms with Gasteiger partial charge in [-0.3, -0.25) is 0 Å². The molecule has 4 N–H and O–H groups in total. The lowest BCUT2D eigenvalue weighted by Crippen LogP contribution is -2.13. The summed E-state index contributed by atoms with van der Waals surface area (Å²) in [7, 11) is 1.68. The Kier molecular flexibility index (Phi) is 6.94. The fourth-order valence-electron chi connectivity index (χ4n) is 3.27. The summed E-state index contributed by atoms with van der Waals surface area (Å²) in [6.07, 6.45) is 4.17. The van der Waals surface area contributed by atoms with Crippen LogP contribution in [-0.2, 0) is 19.3 Å². The summed E-state index contributed by atoms with van der Waals surface area (Å²) in [5.74, 6) is 2.56. The zero-order valence-corrected chi connectivity index (χ0v) is 17.2. The summed E-state index contributed by atoms with van der Waals surface area (Å²) >= 11 is 0. The molecule has 3 rings (SSSR count). The number of hydrogen-bond donors (Lipinski definition) is 3. The van der Waals surface area contributed by atoms with Gasteiger partial charge in [0.2, 0.25) is 5.95 Å². The van der Waals surface area contributed by atoms with Crippen molar-refractivity contribution in [1.82, 2.24) is 30.6 Å². The second-order valence-corrected chi connectivity index (χ2v) is 6.82. The van der Waals surface area contributed by atoms with E-state index in [0.29, 0.717) is 24.6 Å². The number of aryl methyl sites for hydroxylation is 1. The van der Waals surface area contributed by atoms with E-state index in [1.807, 2.05) is 12.1 Å². The Morgan fingerprint density at radius 1 is 1.17 bits per heavy atom. The van der Waals surface area contributed by atoms with Crippen molar-refractivity contribution >= 4 is 11.8 Å². The molecular formula is C20H28N8O. The first-order chi connectivity index (χ1) is 14.1. The van der Waals surface area contributed by atoms with Crippen LogP contribution in [0.2, 0.25) is 0 Å². The number of ether oxygens (including phenoxy) is 1. The van der Waals surface area contributed by atoms with Gasteiger partial charge < -0.3 is 15.8 Å². The molecular weight excluding hydrogens is 368 g/mol. The fraction of sp³-hybridized carbons (Fsp3) is 0.450. The van der Waals surface area contributed by atoms with Crippen LogP contribution >= 0.6 is 0 Å². The number of tetrazole rings is 1. The summed E-state index contributed by atoms with van der Waals surface area (Å²) in [6.45, 7) is 5.08. The first-order valence-electron chi connectivity index (χ1n) is 9.91. The van der Waals surface area contributed by atoms with Gasteiger partial charge in [0.25, 0.3) is 0 Å². The van der Waals surface area contributed by atoms with Gasteiger partial charge in [-0.1, -0.05) is 37.6 Å². The van der Waals surface area contributed by atoms with Crippen LogP contribution in [0.15, 0.2) is 18.2 Å². The van der Waals surface area contributed by atoms with Gasteiger partial charge in [0.05, 0.1) is 12.8 Å². The van der Waals surface area contributed by atoms with Crippen molar-refractivity contribution in [2.75, 3.05) is 24.7 Å². The number of unbranched alkanes of at least 4 members (excludes halogenated alkanes) is 1. The van der Waals surface area contributed by atoms with Gasteiger partial charge in [-0.25, -0.2) is 4.98 Å². The maximum absolute atomic E-state index is 5.95. The number of nitrogens with two attached hydrogens (primary N) is 1. The van der Waals surface area contributed by atoms with Gasteiger partial charge in [-0.2, -0.15) is 10.2 Å². The lowest BCUT2D eigenvalue weighted by atomic mass is 9.98. The van der Waals surface area contributed by atoms with E-state index in [1.54, 1.807) is 7.11 Å². The first kappa shape index (κ1) is 20.5. The minimum Gasteiger partial charge on any atom is -0.496 e. The molecule has 2 heterocycles. The Morgan fingerprint density at radius 2 is 2.03 bits per heavy atom. The van der Waals surface area contributed by atoms with Crippen LogP contribution in [-0.4, -0.2) is 44.2 Å². The van der Waals surface area contributed by atoms with Gasteiger partial charge in [-0.05, 0) is 30.0 Å². The lowest BCUT2D eigenvalue weighted by Gasteiger charge is -2.17. The number of rotatable bonds is 10. The minimum atomic E-state index is 0.294. The van der Waals surface area contributed by atoms with Crippen molar-refractivity contribution in [3.05, 3.63) is 46.4 Å². The Bertz CT molecular complexity index is 926. The van der Waals surface area contributed by atoms with Crippen LogP contribution in [0.1, 0.15) is 54.9 Å². The molecule has 29 heavy (non-hydrogen) atoms. The summed E-state index contributed by atoms with van der Waals surface area (Å²) < 4.78 is 5.61. The van der Waals surface area contributed by atoms with E-state index < -0.39 is 0 Å². The van der Waals surface area contributed by atoms with E-state index in [2.05, 4.69) is 55.8 Å². The molecule has 0 aliphatic rings. The molecule has 9 heteroatoms. The van der Waals surface area contributed by atoms with E-state index in [-0.39, 0.29) is 0 Å². The van der Waals surface area contributed by atoms with Crippen LogP contribution < -0.4 is 15.8 Å². The standard InChI is InChI=1S/C20H28N8O/c1-4-6-9-22-19-15(16(5-2)23-20(21)24-19)12-14-10-13(7-8-17(14)29-3)11-18-25-27-28-26-18/h7-8,10H,4-6,9,11-12H2,1-3H3,(H3,21,22,23,24)(H,25,26,27,28). The van der Waals surface area contributed by atoms with Gasteiger partial charge in [0.1, 0.15) is 11.6 Å². The van der Waals surface area contributed by atoms with Crippen molar-refractivity contribution in [1.29, 1.82) is 0 Å². The average Bonchev–Trinajstić information content (AvgIpc) is 3.23. The van der Waals surface area contributed by atoms with Crippen molar-refractivity contribution < 1.29 is 4.74 Å². The molecule has 2 aromatic heterocycles. The molecule has 0 saturated heterocycles. The van der Waals surface area contributed by atoms with E-state index in [4.69, 9.17) is 10.5 Å². The van der Waals surface area contributed by atoms with Gasteiger partial charge in [0, 0.05) is 24.9 Å². The van der Waals surface area contributed by atoms with Gasteiger partial charge in [0.15, 0.2) is 5.82 Å². The molecule has 0 aliphatic carbocycles. The SMILES string of the molecule is CCCCNc1nc(N)nc(CC)c1Cc1cc(Cc2nn[nH]n2)ccc1OC. The second kappa shape index (κ2) is 9.81. The van der Waals surface area contributed by atoms with Crippen LogP contribution in [0, 0.1) is 0 Å². The summed E-state index contributed by atoms with van der Waals surface area (Å²) in [5, 5.41) is 17.6. The highest BCUT2D eigenvalue weighted by molar-refractivity contribution is 5.53. The number of H-pyrrole nitrogens is 1. The van der Waals surface area contributed by atoms with E-state index in [9.17, 15) is 0 Å². The fourth-order valence-corrected chi connectivity index (χ4v) is 3.27. The summed E-state index contributed by atoms with van der Waals surface area (Å²) in [5.41, 5.74) is 10.1. The summed E-state index contributed by atoms with van der Waals surface area (Å²) in [6, 6.07) is 6.10. The maximum Gasteiger partial charge on any atom is 0.222 e. The highest BCUT2D eigenvalue weighted by Crippen LogP contribution is 2.28. The second-order valence-electron chi connectivity index (χ2n) is 6.82. The van der Waals surface area contributed by atoms with Gasteiger partial charge >= 0.3 is 0 Å². The van der Waals surface area contributed by atoms with Crippen LogP contribution in [0.25, 0.3) is 0 Å². The molecule has 0 radical (unpaired) electrons. The van der Waals surface area contributed by atoms with Crippen LogP contribution in [0.4, 0.5) is 11.8 Å². The van der Waals surface area contributed by atoms with Crippen molar-refractivity contribution in [3.63, 3.8) is 0 Å². The Balaban J connectivity index is 1.94. The molecule has 0 aliphatic heterocycles. The quantitative estimate of drug-likeness (QED) is 0.446. The molecule has 0 amide bonds. The third-order valence-corrected chi connectivity index (χ3v) is 4.73. The number of nitrogens with zero attached hydrogens (tertiary/aromatic N) is 5. The Labute approximate surface area is 170 Å². The number of methoxy groups -OCH3 is 1. The summed E-state index contributed by atoms with van der Waals surface area (Å²) in [4.78, 5) is 8.94. The zero-order valence-electron chi connectivity index (χ0n) is 17.2. The van der Waals surface area contributed by atoms with E-state index in [0.717, 1.165) is 59.8 Å². The van der Waals surface area contributed by atoms with E-state index >= 15 is 0 Å². The average molecular weight is 396 g/mol. The smallest absolute Gasteiger partial charge is 0.222 e. The predicted molar refractivity (Wildman–Crippen MR) is 112 cm³/mol. The molecule has 0 saturated carbocycles. The highest BCUT2D eigenvalue weighted by Gasteiger charge is 2.16. The van der Waals surface area contributed by atoms with Crippen LogP contribution in [0.3, 0.4) is 0 Å². The Hall–Kier alpha value is -3.23.